The van der Waals surface area contributed by atoms with Crippen LogP contribution in [0.3, 0.4) is 0 Å². The first-order chi connectivity index (χ1) is 17.0. The summed E-state index contributed by atoms with van der Waals surface area (Å²) in [6, 6.07) is 16.3. The summed E-state index contributed by atoms with van der Waals surface area (Å²) in [5, 5.41) is 3.19. The van der Waals surface area contributed by atoms with Crippen molar-refractivity contribution in [3.63, 3.8) is 0 Å². The number of hydrogen-bond acceptors (Lipinski definition) is 6. The first-order valence-electron chi connectivity index (χ1n) is 10.6. The van der Waals surface area contributed by atoms with Crippen LogP contribution < -0.4 is 19.1 Å². The zero-order valence-corrected chi connectivity index (χ0v) is 22.0. The molecule has 1 atom stereocenters. The number of ether oxygens (including phenoxy) is 1. The number of fused-ring (bicyclic) bond motifs is 1. The monoisotopic (exact) mass is 569 g/mol. The maximum Gasteiger partial charge on any atom is 0.267 e. The number of halogens is 2. The molecule has 0 aromatic heterocycles. The fourth-order valence-electron chi connectivity index (χ4n) is 3.53. The second kappa shape index (κ2) is 10.2. The van der Waals surface area contributed by atoms with E-state index in [1.807, 2.05) is 0 Å². The molecular formula is C23H21Cl2N3O6S2. The lowest BCUT2D eigenvalue weighted by molar-refractivity contribution is -0.122. The van der Waals surface area contributed by atoms with Gasteiger partial charge in [-0.05, 0) is 61.5 Å². The molecule has 9 nitrogen and oxygen atoms in total. The first kappa shape index (κ1) is 26.1. The molecule has 0 fully saturated rings. The van der Waals surface area contributed by atoms with E-state index in [2.05, 4.69) is 10.0 Å². The summed E-state index contributed by atoms with van der Waals surface area (Å²) in [7, 11) is -7.59. The zero-order valence-electron chi connectivity index (χ0n) is 18.8. The predicted octanol–water partition coefficient (Wildman–Crippen LogP) is 4.35. The van der Waals surface area contributed by atoms with Gasteiger partial charge in [0.25, 0.3) is 15.9 Å². The third kappa shape index (κ3) is 5.70. The molecule has 190 valence electrons. The van der Waals surface area contributed by atoms with Crippen molar-refractivity contribution in [3.05, 3.63) is 76.8 Å². The Bertz CT molecular complexity index is 1490. The molecular weight excluding hydrogens is 549 g/mol. The molecule has 3 aromatic carbocycles. The second-order valence-corrected chi connectivity index (χ2v) is 12.5. The van der Waals surface area contributed by atoms with Crippen molar-refractivity contribution < 1.29 is 26.4 Å². The number of nitrogens with one attached hydrogen (secondary N) is 2. The van der Waals surface area contributed by atoms with Crippen LogP contribution in [0.2, 0.25) is 10.0 Å². The van der Waals surface area contributed by atoms with E-state index in [1.165, 1.54) is 53.7 Å². The third-order valence-electron chi connectivity index (χ3n) is 5.27. The van der Waals surface area contributed by atoms with Gasteiger partial charge < -0.3 is 10.1 Å². The van der Waals surface area contributed by atoms with Gasteiger partial charge >= 0.3 is 0 Å². The molecule has 0 bridgehead atoms. The van der Waals surface area contributed by atoms with Gasteiger partial charge in [0.1, 0.15) is 5.75 Å². The number of benzene rings is 3. The summed E-state index contributed by atoms with van der Waals surface area (Å²) in [4.78, 5) is 12.9. The minimum Gasteiger partial charge on any atom is -0.476 e. The van der Waals surface area contributed by atoms with Crippen LogP contribution in [0.1, 0.15) is 6.92 Å². The number of amides is 1. The summed E-state index contributed by atoms with van der Waals surface area (Å²) in [5.74, 6) is -0.446. The van der Waals surface area contributed by atoms with E-state index in [0.717, 1.165) is 0 Å². The molecule has 1 unspecified atom stereocenters. The normalized spacial score (nSPS) is 15.5. The van der Waals surface area contributed by atoms with Crippen molar-refractivity contribution in [2.45, 2.75) is 17.9 Å². The van der Waals surface area contributed by atoms with Crippen molar-refractivity contribution in [3.8, 4) is 5.75 Å². The molecule has 1 aliphatic rings. The molecule has 13 heteroatoms. The molecule has 36 heavy (non-hydrogen) atoms. The fraction of sp³-hybridized carbons (Fsp3) is 0.174. The van der Waals surface area contributed by atoms with Crippen LogP contribution >= 0.6 is 23.2 Å². The van der Waals surface area contributed by atoms with E-state index in [0.29, 0.717) is 11.4 Å². The van der Waals surface area contributed by atoms with Crippen LogP contribution in [0.15, 0.2) is 71.6 Å². The summed E-state index contributed by atoms with van der Waals surface area (Å²) < 4.78 is 60.0. The highest BCUT2D eigenvalue weighted by atomic mass is 35.5. The lowest BCUT2D eigenvalue weighted by Crippen LogP contribution is -2.49. The highest BCUT2D eigenvalue weighted by Gasteiger charge is 2.36. The van der Waals surface area contributed by atoms with E-state index in [4.69, 9.17) is 27.9 Å². The maximum atomic E-state index is 12.9. The highest BCUT2D eigenvalue weighted by Crippen LogP contribution is 2.35. The van der Waals surface area contributed by atoms with Crippen molar-refractivity contribution in [2.24, 2.45) is 0 Å². The Morgan fingerprint density at radius 3 is 2.25 bits per heavy atom. The summed E-state index contributed by atoms with van der Waals surface area (Å²) in [6.45, 7) is 1.32. The standard InChI is InChI=1S/C23H21Cl2N3O6S2/c1-2-35(30,31)28-14-22(34-21-6-4-3-5-20(21)28)23(29)26-17-7-9-19(10-8-17)36(32,33)27-18-12-15(24)11-16(25)13-18/h3-13,22,27H,2,14H2,1H3,(H,26,29). The lowest BCUT2D eigenvalue weighted by atomic mass is 10.2. The van der Waals surface area contributed by atoms with Crippen LogP contribution in [-0.2, 0) is 24.8 Å². The van der Waals surface area contributed by atoms with Crippen molar-refractivity contribution in [1.29, 1.82) is 0 Å². The van der Waals surface area contributed by atoms with Crippen molar-refractivity contribution in [2.75, 3.05) is 26.6 Å². The Kier molecular flexibility index (Phi) is 7.37. The van der Waals surface area contributed by atoms with Gasteiger partial charge in [0, 0.05) is 15.7 Å². The van der Waals surface area contributed by atoms with Gasteiger partial charge in [-0.15, -0.1) is 0 Å². The van der Waals surface area contributed by atoms with Crippen LogP contribution in [0.4, 0.5) is 17.1 Å². The Labute approximate surface area is 219 Å². The van der Waals surface area contributed by atoms with E-state index >= 15 is 0 Å². The number of nitrogens with zero attached hydrogens (tertiary/aromatic N) is 1. The number of carbonyl (C=O) groups excluding carboxylic acids is 1. The molecule has 0 saturated heterocycles. The van der Waals surface area contributed by atoms with Gasteiger partial charge in [-0.2, -0.15) is 0 Å². The SMILES string of the molecule is CCS(=O)(=O)N1CC(C(=O)Nc2ccc(S(=O)(=O)Nc3cc(Cl)cc(Cl)c3)cc2)Oc2ccccc21. The fourth-order valence-corrected chi connectivity index (χ4v) is 6.22. The van der Waals surface area contributed by atoms with E-state index < -0.39 is 32.1 Å². The minimum absolute atomic E-state index is 0.0559. The quantitative estimate of drug-likeness (QED) is 0.436. The van der Waals surface area contributed by atoms with Crippen LogP contribution in [0, 0.1) is 0 Å². The van der Waals surface area contributed by atoms with Gasteiger partial charge in [-0.25, -0.2) is 16.8 Å². The topological polar surface area (TPSA) is 122 Å². The number of anilines is 3. The summed E-state index contributed by atoms with van der Waals surface area (Å²) >= 11 is 11.8. The Hall–Kier alpha value is -2.99. The van der Waals surface area contributed by atoms with E-state index in [-0.39, 0.29) is 38.7 Å². The lowest BCUT2D eigenvalue weighted by Gasteiger charge is -2.34. The Morgan fingerprint density at radius 1 is 0.972 bits per heavy atom. The van der Waals surface area contributed by atoms with Gasteiger partial charge in [0.2, 0.25) is 10.0 Å². The molecule has 0 aliphatic carbocycles. The summed E-state index contributed by atoms with van der Waals surface area (Å²) in [6.07, 6.45) is -1.11. The highest BCUT2D eigenvalue weighted by molar-refractivity contribution is 7.93. The van der Waals surface area contributed by atoms with Crippen molar-refractivity contribution in [1.82, 2.24) is 0 Å². The zero-order chi connectivity index (χ0) is 26.1. The first-order valence-corrected chi connectivity index (χ1v) is 14.5. The van der Waals surface area contributed by atoms with E-state index in [1.54, 1.807) is 24.3 Å². The minimum atomic E-state index is -3.95. The van der Waals surface area contributed by atoms with Crippen LogP contribution in [0.5, 0.6) is 5.75 Å². The molecule has 0 spiro atoms. The van der Waals surface area contributed by atoms with Crippen molar-refractivity contribution >= 4 is 66.2 Å². The maximum absolute atomic E-state index is 12.9. The molecule has 1 aliphatic heterocycles. The number of sulfonamides is 2. The van der Waals surface area contributed by atoms with Gasteiger partial charge in [0.05, 0.1) is 28.6 Å². The Balaban J connectivity index is 1.49. The molecule has 1 heterocycles. The molecule has 4 rings (SSSR count). The number of para-hydroxylation sites is 2. The second-order valence-electron chi connectivity index (χ2n) is 7.78. The van der Waals surface area contributed by atoms with Gasteiger partial charge in [-0.1, -0.05) is 35.3 Å². The summed E-state index contributed by atoms with van der Waals surface area (Å²) in [5.41, 5.74) is 0.870. The molecule has 1 amide bonds. The largest absolute Gasteiger partial charge is 0.476 e. The number of carbonyl (C=O) groups is 1. The number of hydrogen-bond donors (Lipinski definition) is 2. The van der Waals surface area contributed by atoms with E-state index in [9.17, 15) is 21.6 Å². The van der Waals surface area contributed by atoms with Gasteiger partial charge in [-0.3, -0.25) is 13.8 Å². The average Bonchev–Trinajstić information content (AvgIpc) is 2.82. The van der Waals surface area contributed by atoms with Gasteiger partial charge in [0.15, 0.2) is 6.10 Å². The molecule has 0 saturated carbocycles. The molecule has 3 aromatic rings. The molecule has 2 N–H and O–H groups in total. The number of rotatable bonds is 7. The Morgan fingerprint density at radius 2 is 1.61 bits per heavy atom. The smallest absolute Gasteiger partial charge is 0.267 e. The molecule has 0 radical (unpaired) electrons. The average molecular weight is 570 g/mol. The van der Waals surface area contributed by atoms with Crippen LogP contribution in [-0.4, -0.2) is 41.1 Å². The van der Waals surface area contributed by atoms with Crippen LogP contribution in [0.25, 0.3) is 0 Å². The predicted molar refractivity (Wildman–Crippen MR) is 140 cm³/mol. The third-order valence-corrected chi connectivity index (χ3v) is 8.86.